The number of rotatable bonds is 6. The van der Waals surface area contributed by atoms with Crippen molar-refractivity contribution in [2.45, 2.75) is 33.4 Å². The highest BCUT2D eigenvalue weighted by Crippen LogP contribution is 2.20. The van der Waals surface area contributed by atoms with E-state index in [9.17, 15) is 9.18 Å². The fourth-order valence-electron chi connectivity index (χ4n) is 2.81. The number of halogens is 1. The van der Waals surface area contributed by atoms with Crippen molar-refractivity contribution >= 4 is 5.91 Å². The van der Waals surface area contributed by atoms with E-state index in [1.165, 1.54) is 24.3 Å². The van der Waals surface area contributed by atoms with Crippen LogP contribution >= 0.6 is 0 Å². The highest BCUT2D eigenvalue weighted by atomic mass is 19.1. The number of ether oxygens (including phenoxy) is 1. The highest BCUT2D eigenvalue weighted by Gasteiger charge is 2.23. The largest absolute Gasteiger partial charge is 0.489 e. The van der Waals surface area contributed by atoms with Crippen molar-refractivity contribution in [1.82, 2.24) is 20.3 Å². The zero-order valence-electron chi connectivity index (χ0n) is 15.6. The molecule has 2 aromatic heterocycles. The van der Waals surface area contributed by atoms with Crippen molar-refractivity contribution in [3.8, 4) is 5.75 Å². The van der Waals surface area contributed by atoms with E-state index in [2.05, 4.69) is 15.6 Å². The van der Waals surface area contributed by atoms with Crippen molar-refractivity contribution in [3.05, 3.63) is 64.6 Å². The molecule has 1 N–H and O–H groups in total. The predicted molar refractivity (Wildman–Crippen MR) is 95.8 cm³/mol. The second kappa shape index (κ2) is 7.61. The molecule has 1 amide bonds. The van der Waals surface area contributed by atoms with Crippen LogP contribution in [0.2, 0.25) is 0 Å². The van der Waals surface area contributed by atoms with Gasteiger partial charge in [-0.25, -0.2) is 4.39 Å². The third-order valence-corrected chi connectivity index (χ3v) is 4.26. The first-order chi connectivity index (χ1) is 12.8. The first kappa shape index (κ1) is 18.6. The molecule has 0 saturated carbocycles. The van der Waals surface area contributed by atoms with Crippen molar-refractivity contribution in [3.63, 3.8) is 0 Å². The first-order valence-corrected chi connectivity index (χ1v) is 8.49. The number of carbonyl (C=O) groups excluding carboxylic acids is 1. The fraction of sp³-hybridized carbons (Fsp3) is 0.316. The molecule has 0 saturated heterocycles. The van der Waals surface area contributed by atoms with Gasteiger partial charge in [0.2, 0.25) is 0 Å². The van der Waals surface area contributed by atoms with Crippen LogP contribution in [0.25, 0.3) is 0 Å². The summed E-state index contributed by atoms with van der Waals surface area (Å²) in [6.07, 6.45) is 1.87. The number of hydrogen-bond donors (Lipinski definition) is 1. The molecule has 27 heavy (non-hydrogen) atoms. The maximum absolute atomic E-state index is 13.0. The molecular weight excluding hydrogens is 351 g/mol. The van der Waals surface area contributed by atoms with E-state index in [-0.39, 0.29) is 30.1 Å². The average Bonchev–Trinajstić information content (AvgIpc) is 3.16. The van der Waals surface area contributed by atoms with E-state index in [4.69, 9.17) is 9.26 Å². The second-order valence-electron chi connectivity index (χ2n) is 6.35. The van der Waals surface area contributed by atoms with Gasteiger partial charge in [0, 0.05) is 18.8 Å². The van der Waals surface area contributed by atoms with Crippen LogP contribution in [0.5, 0.6) is 5.75 Å². The lowest BCUT2D eigenvalue weighted by Gasteiger charge is -2.13. The predicted octanol–water partition coefficient (Wildman–Crippen LogP) is 3.23. The fourth-order valence-corrected chi connectivity index (χ4v) is 2.81. The molecule has 0 aliphatic carbocycles. The molecule has 0 aliphatic heterocycles. The molecular formula is C19H21FN4O3. The molecule has 3 rings (SSSR count). The van der Waals surface area contributed by atoms with Gasteiger partial charge in [-0.2, -0.15) is 5.10 Å². The van der Waals surface area contributed by atoms with Crippen molar-refractivity contribution in [2.75, 3.05) is 0 Å². The molecule has 2 heterocycles. The minimum atomic E-state index is -0.361. The van der Waals surface area contributed by atoms with Crippen molar-refractivity contribution in [2.24, 2.45) is 7.05 Å². The average molecular weight is 372 g/mol. The van der Waals surface area contributed by atoms with Crippen LogP contribution in [0.15, 0.2) is 35.0 Å². The third kappa shape index (κ3) is 4.16. The minimum Gasteiger partial charge on any atom is -0.489 e. The van der Waals surface area contributed by atoms with E-state index in [1.54, 1.807) is 11.6 Å². The molecule has 0 spiro atoms. The van der Waals surface area contributed by atoms with Gasteiger partial charge < -0.3 is 14.6 Å². The zero-order valence-corrected chi connectivity index (χ0v) is 15.6. The summed E-state index contributed by atoms with van der Waals surface area (Å²) >= 11 is 0. The topological polar surface area (TPSA) is 82.2 Å². The van der Waals surface area contributed by atoms with Crippen LogP contribution in [0.4, 0.5) is 4.39 Å². The van der Waals surface area contributed by atoms with Crippen LogP contribution in [-0.2, 0) is 13.7 Å². The van der Waals surface area contributed by atoms with Crippen LogP contribution in [0.3, 0.4) is 0 Å². The molecule has 142 valence electrons. The lowest BCUT2D eigenvalue weighted by Crippen LogP contribution is -2.28. The molecule has 1 atom stereocenters. The molecule has 1 aromatic carbocycles. The highest BCUT2D eigenvalue weighted by molar-refractivity contribution is 5.94. The molecule has 0 bridgehead atoms. The lowest BCUT2D eigenvalue weighted by atomic mass is 10.1. The summed E-state index contributed by atoms with van der Waals surface area (Å²) < 4.78 is 25.5. The summed E-state index contributed by atoms with van der Waals surface area (Å²) in [6.45, 7) is 5.57. The van der Waals surface area contributed by atoms with Gasteiger partial charge in [0.25, 0.3) is 5.91 Å². The Morgan fingerprint density at radius 3 is 2.67 bits per heavy atom. The van der Waals surface area contributed by atoms with Gasteiger partial charge >= 0.3 is 0 Å². The number of carbonyl (C=O) groups is 1. The quantitative estimate of drug-likeness (QED) is 0.718. The summed E-state index contributed by atoms with van der Waals surface area (Å²) in [5.41, 5.74) is 2.49. The SMILES string of the molecule is Cc1nn(C)cc1C(C)NC(=O)c1noc(C)c1COc1ccc(F)cc1. The first-order valence-electron chi connectivity index (χ1n) is 8.49. The Hall–Kier alpha value is -3.16. The standard InChI is InChI=1S/C19H21FN4O3/c1-11(16-9-24(4)22-12(16)2)21-19(25)18-17(13(3)27-23-18)10-26-15-7-5-14(20)6-8-15/h5-9,11H,10H2,1-4H3,(H,21,25). The monoisotopic (exact) mass is 372 g/mol. The van der Waals surface area contributed by atoms with Crippen molar-refractivity contribution in [1.29, 1.82) is 0 Å². The minimum absolute atomic E-state index is 0.0873. The third-order valence-electron chi connectivity index (χ3n) is 4.26. The number of nitrogens with one attached hydrogen (secondary N) is 1. The number of aromatic nitrogens is 3. The van der Waals surface area contributed by atoms with Crippen LogP contribution in [-0.4, -0.2) is 20.8 Å². The Labute approximate surface area is 156 Å². The molecule has 0 radical (unpaired) electrons. The molecule has 7 nitrogen and oxygen atoms in total. The maximum Gasteiger partial charge on any atom is 0.274 e. The van der Waals surface area contributed by atoms with Gasteiger partial charge in [0.1, 0.15) is 23.9 Å². The Morgan fingerprint density at radius 2 is 2.04 bits per heavy atom. The van der Waals surface area contributed by atoms with Crippen molar-refractivity contribution < 1.29 is 18.4 Å². The van der Waals surface area contributed by atoms with Gasteiger partial charge in [0.15, 0.2) is 5.69 Å². The molecule has 0 aliphatic rings. The number of nitrogens with zero attached hydrogens (tertiary/aromatic N) is 3. The Kier molecular flexibility index (Phi) is 5.25. The van der Waals surface area contributed by atoms with E-state index in [0.29, 0.717) is 17.1 Å². The number of benzene rings is 1. The van der Waals surface area contributed by atoms with Crippen LogP contribution in [0, 0.1) is 19.7 Å². The smallest absolute Gasteiger partial charge is 0.274 e. The Morgan fingerprint density at radius 1 is 1.33 bits per heavy atom. The number of hydrogen-bond acceptors (Lipinski definition) is 5. The summed E-state index contributed by atoms with van der Waals surface area (Å²) in [4.78, 5) is 12.7. The summed E-state index contributed by atoms with van der Waals surface area (Å²) in [5, 5.41) is 11.1. The van der Waals surface area contributed by atoms with Gasteiger partial charge in [-0.05, 0) is 45.0 Å². The van der Waals surface area contributed by atoms with Crippen LogP contribution < -0.4 is 10.1 Å². The molecule has 3 aromatic rings. The van der Waals surface area contributed by atoms with E-state index < -0.39 is 0 Å². The Bertz CT molecular complexity index is 947. The molecule has 0 fully saturated rings. The van der Waals surface area contributed by atoms with E-state index >= 15 is 0 Å². The second-order valence-corrected chi connectivity index (χ2v) is 6.35. The Balaban J connectivity index is 1.72. The van der Waals surface area contributed by atoms with Gasteiger partial charge in [0.05, 0.1) is 17.3 Å². The normalized spacial score (nSPS) is 12.0. The number of amides is 1. The van der Waals surface area contributed by atoms with Gasteiger partial charge in [-0.1, -0.05) is 5.16 Å². The molecule has 8 heteroatoms. The van der Waals surface area contributed by atoms with E-state index in [1.807, 2.05) is 27.1 Å². The van der Waals surface area contributed by atoms with Gasteiger partial charge in [-0.3, -0.25) is 9.48 Å². The van der Waals surface area contributed by atoms with Crippen LogP contribution in [0.1, 0.15) is 46.0 Å². The summed E-state index contributed by atoms with van der Waals surface area (Å²) in [5.74, 6) is 0.277. The molecule has 1 unspecified atom stereocenters. The van der Waals surface area contributed by atoms with Gasteiger partial charge in [-0.15, -0.1) is 0 Å². The van der Waals surface area contributed by atoms with E-state index in [0.717, 1.165) is 11.3 Å². The summed E-state index contributed by atoms with van der Waals surface area (Å²) in [6, 6.07) is 5.41. The number of aryl methyl sites for hydroxylation is 3. The maximum atomic E-state index is 13.0. The lowest BCUT2D eigenvalue weighted by molar-refractivity contribution is 0.0928. The zero-order chi connectivity index (χ0) is 19.6. The summed E-state index contributed by atoms with van der Waals surface area (Å²) in [7, 11) is 1.83.